The molecule has 7 nitrogen and oxygen atoms in total. The minimum atomic E-state index is -0.369. The summed E-state index contributed by atoms with van der Waals surface area (Å²) in [4.78, 5) is 31.1. The summed E-state index contributed by atoms with van der Waals surface area (Å²) < 4.78 is 20.2. The van der Waals surface area contributed by atoms with E-state index < -0.39 is 0 Å². The van der Waals surface area contributed by atoms with E-state index >= 15 is 0 Å². The quantitative estimate of drug-likeness (QED) is 0.651. The average molecular weight is 408 g/mol. The fraction of sp³-hybridized carbons (Fsp3) is 0.227. The number of carbonyl (C=O) groups is 2. The molecule has 1 N–H and O–H groups in total. The normalized spacial score (nSPS) is 15.6. The van der Waals surface area contributed by atoms with E-state index in [1.807, 2.05) is 29.0 Å². The molecule has 2 aromatic heterocycles. The van der Waals surface area contributed by atoms with Gasteiger partial charge in [-0.3, -0.25) is 14.6 Å². The van der Waals surface area contributed by atoms with Crippen LogP contribution in [0.4, 0.5) is 4.39 Å². The molecule has 3 aromatic rings. The first-order valence-corrected chi connectivity index (χ1v) is 9.60. The van der Waals surface area contributed by atoms with Gasteiger partial charge in [-0.05, 0) is 48.0 Å². The van der Waals surface area contributed by atoms with E-state index in [1.54, 1.807) is 23.4 Å². The van der Waals surface area contributed by atoms with Crippen LogP contribution in [0.3, 0.4) is 0 Å². The second-order valence-corrected chi connectivity index (χ2v) is 7.04. The number of ether oxygens (including phenoxy) is 1. The van der Waals surface area contributed by atoms with Crippen molar-refractivity contribution in [2.24, 2.45) is 0 Å². The highest BCUT2D eigenvalue weighted by atomic mass is 19.1. The van der Waals surface area contributed by atoms with E-state index in [4.69, 9.17) is 4.74 Å². The van der Waals surface area contributed by atoms with Gasteiger partial charge >= 0.3 is 0 Å². The Morgan fingerprint density at radius 2 is 2.03 bits per heavy atom. The Morgan fingerprint density at radius 3 is 2.80 bits per heavy atom. The summed E-state index contributed by atoms with van der Waals surface area (Å²) in [5.74, 6) is -0.357. The molecule has 2 amide bonds. The van der Waals surface area contributed by atoms with Crippen LogP contribution in [0.25, 0.3) is 0 Å². The molecule has 1 unspecified atom stereocenters. The SMILES string of the molecule is O=C(COc1ccc(F)cc1)NCC1Cn2cccc2C(=O)N1Cc1cccnc1. The van der Waals surface area contributed by atoms with Crippen LogP contribution in [-0.4, -0.2) is 45.5 Å². The Kier molecular flexibility index (Phi) is 5.74. The Morgan fingerprint density at radius 1 is 1.20 bits per heavy atom. The Labute approximate surface area is 173 Å². The maximum absolute atomic E-state index is 13.0. The lowest BCUT2D eigenvalue weighted by atomic mass is 10.1. The van der Waals surface area contributed by atoms with Gasteiger partial charge in [0, 0.05) is 38.2 Å². The van der Waals surface area contributed by atoms with Crippen molar-refractivity contribution in [3.8, 4) is 5.75 Å². The van der Waals surface area contributed by atoms with Crippen molar-refractivity contribution in [2.75, 3.05) is 13.2 Å². The number of nitrogens with one attached hydrogen (secondary N) is 1. The average Bonchev–Trinajstić information content (AvgIpc) is 3.24. The van der Waals surface area contributed by atoms with Crippen LogP contribution >= 0.6 is 0 Å². The zero-order chi connectivity index (χ0) is 20.9. The third-order valence-electron chi connectivity index (χ3n) is 4.95. The Balaban J connectivity index is 1.39. The number of nitrogens with zero attached hydrogens (tertiary/aromatic N) is 3. The number of amides is 2. The lowest BCUT2D eigenvalue weighted by Gasteiger charge is -2.36. The van der Waals surface area contributed by atoms with Gasteiger partial charge in [0.2, 0.25) is 0 Å². The summed E-state index contributed by atoms with van der Waals surface area (Å²) in [6.45, 7) is 1.08. The number of fused-ring (bicyclic) bond motifs is 1. The third kappa shape index (κ3) is 4.48. The maximum atomic E-state index is 13.0. The number of hydrogen-bond acceptors (Lipinski definition) is 4. The second-order valence-electron chi connectivity index (χ2n) is 7.04. The Hall–Kier alpha value is -3.68. The van der Waals surface area contributed by atoms with E-state index in [2.05, 4.69) is 10.3 Å². The molecule has 4 rings (SSSR count). The van der Waals surface area contributed by atoms with Gasteiger partial charge in [0.15, 0.2) is 6.61 Å². The van der Waals surface area contributed by atoms with E-state index in [9.17, 15) is 14.0 Å². The number of carbonyl (C=O) groups excluding carboxylic acids is 2. The first-order valence-electron chi connectivity index (χ1n) is 9.60. The molecule has 1 aliphatic heterocycles. The number of aromatic nitrogens is 2. The topological polar surface area (TPSA) is 76.5 Å². The van der Waals surface area contributed by atoms with Gasteiger partial charge < -0.3 is 19.5 Å². The van der Waals surface area contributed by atoms with Gasteiger partial charge in [0.1, 0.15) is 17.3 Å². The summed E-state index contributed by atoms with van der Waals surface area (Å²) in [6.07, 6.45) is 5.28. The van der Waals surface area contributed by atoms with Gasteiger partial charge in [-0.2, -0.15) is 0 Å². The number of halogens is 1. The molecule has 154 valence electrons. The van der Waals surface area contributed by atoms with E-state index in [1.165, 1.54) is 24.3 Å². The molecule has 0 saturated heterocycles. The zero-order valence-corrected chi connectivity index (χ0v) is 16.2. The van der Waals surface area contributed by atoms with Crippen molar-refractivity contribution in [2.45, 2.75) is 19.1 Å². The summed E-state index contributed by atoms with van der Waals surface area (Å²) in [5.41, 5.74) is 1.54. The highest BCUT2D eigenvalue weighted by Gasteiger charge is 2.32. The fourth-order valence-corrected chi connectivity index (χ4v) is 3.43. The summed E-state index contributed by atoms with van der Waals surface area (Å²) in [6, 6.07) is 12.6. The molecular weight excluding hydrogens is 387 g/mol. The zero-order valence-electron chi connectivity index (χ0n) is 16.2. The van der Waals surface area contributed by atoms with Gasteiger partial charge in [-0.15, -0.1) is 0 Å². The summed E-state index contributed by atoms with van der Waals surface area (Å²) >= 11 is 0. The van der Waals surface area contributed by atoms with E-state index in [-0.39, 0.29) is 36.8 Å². The van der Waals surface area contributed by atoms with Crippen LogP contribution in [0.15, 0.2) is 67.1 Å². The van der Waals surface area contributed by atoms with Crippen molar-refractivity contribution in [3.05, 3.63) is 84.2 Å². The van der Waals surface area contributed by atoms with Gasteiger partial charge in [-0.25, -0.2) is 4.39 Å². The molecule has 3 heterocycles. The minimum absolute atomic E-state index is 0.0862. The lowest BCUT2D eigenvalue weighted by molar-refractivity contribution is -0.123. The molecule has 1 aromatic carbocycles. The van der Waals surface area contributed by atoms with Crippen LogP contribution < -0.4 is 10.1 Å². The van der Waals surface area contributed by atoms with Crippen molar-refractivity contribution < 1.29 is 18.7 Å². The molecule has 0 aliphatic carbocycles. The molecular formula is C22H21FN4O3. The monoisotopic (exact) mass is 408 g/mol. The summed E-state index contributed by atoms with van der Waals surface area (Å²) in [7, 11) is 0. The van der Waals surface area contributed by atoms with Crippen LogP contribution in [0, 0.1) is 5.82 Å². The number of rotatable bonds is 7. The van der Waals surface area contributed by atoms with Crippen molar-refractivity contribution in [3.63, 3.8) is 0 Å². The van der Waals surface area contributed by atoms with Crippen molar-refractivity contribution in [1.82, 2.24) is 19.8 Å². The number of pyridine rings is 1. The standard InChI is InChI=1S/C22H21FN4O3/c23-17-5-7-19(8-6-17)30-15-21(28)25-12-18-14-26-10-2-4-20(26)22(29)27(18)13-16-3-1-9-24-11-16/h1-11,18H,12-15H2,(H,25,28). The fourth-order valence-electron chi connectivity index (χ4n) is 3.43. The molecule has 1 atom stereocenters. The molecule has 0 bridgehead atoms. The first kappa shape index (κ1) is 19.6. The van der Waals surface area contributed by atoms with E-state index in [0.29, 0.717) is 24.5 Å². The molecule has 0 spiro atoms. The molecule has 0 saturated carbocycles. The predicted molar refractivity (Wildman–Crippen MR) is 107 cm³/mol. The van der Waals surface area contributed by atoms with Crippen LogP contribution in [0.5, 0.6) is 5.75 Å². The van der Waals surface area contributed by atoms with Crippen molar-refractivity contribution in [1.29, 1.82) is 0 Å². The summed E-state index contributed by atoms with van der Waals surface area (Å²) in [5, 5.41) is 2.83. The third-order valence-corrected chi connectivity index (χ3v) is 4.95. The van der Waals surface area contributed by atoms with Gasteiger partial charge in [0.05, 0.1) is 6.04 Å². The lowest BCUT2D eigenvalue weighted by Crippen LogP contribution is -2.52. The van der Waals surface area contributed by atoms with Crippen LogP contribution in [-0.2, 0) is 17.9 Å². The predicted octanol–water partition coefficient (Wildman–Crippen LogP) is 2.24. The number of benzene rings is 1. The maximum Gasteiger partial charge on any atom is 0.271 e. The smallest absolute Gasteiger partial charge is 0.271 e. The molecule has 30 heavy (non-hydrogen) atoms. The highest BCUT2D eigenvalue weighted by Crippen LogP contribution is 2.20. The largest absolute Gasteiger partial charge is 0.484 e. The first-order chi connectivity index (χ1) is 14.6. The number of hydrogen-bond donors (Lipinski definition) is 1. The molecule has 8 heteroatoms. The van der Waals surface area contributed by atoms with Gasteiger partial charge in [0.25, 0.3) is 11.8 Å². The van der Waals surface area contributed by atoms with Gasteiger partial charge in [-0.1, -0.05) is 6.07 Å². The minimum Gasteiger partial charge on any atom is -0.484 e. The highest BCUT2D eigenvalue weighted by molar-refractivity contribution is 5.93. The second kappa shape index (κ2) is 8.77. The van der Waals surface area contributed by atoms with Crippen LogP contribution in [0.1, 0.15) is 16.1 Å². The molecule has 0 fully saturated rings. The molecule has 0 radical (unpaired) electrons. The Bertz CT molecular complexity index is 1020. The van der Waals surface area contributed by atoms with Crippen LogP contribution in [0.2, 0.25) is 0 Å². The van der Waals surface area contributed by atoms with Crippen molar-refractivity contribution >= 4 is 11.8 Å². The molecule has 1 aliphatic rings. The van der Waals surface area contributed by atoms with E-state index in [0.717, 1.165) is 5.56 Å².